The maximum absolute atomic E-state index is 11.6. The van der Waals surface area contributed by atoms with Gasteiger partial charge in [-0.15, -0.1) is 0 Å². The number of amides is 1. The number of nitrogens with one attached hydrogen (secondary N) is 1. The molecule has 18 heavy (non-hydrogen) atoms. The van der Waals surface area contributed by atoms with Crippen LogP contribution < -0.4 is 5.32 Å². The lowest BCUT2D eigenvalue weighted by Gasteiger charge is -2.06. The second kappa shape index (κ2) is 6.59. The SMILES string of the molecule is CC(C)=CCNC(=O)Cc1ccccc1C(=O)O. The van der Waals surface area contributed by atoms with Crippen molar-refractivity contribution in [2.75, 3.05) is 6.54 Å². The van der Waals surface area contributed by atoms with Gasteiger partial charge in [0, 0.05) is 6.54 Å². The second-order valence-corrected chi connectivity index (χ2v) is 4.22. The first kappa shape index (κ1) is 14.0. The maximum Gasteiger partial charge on any atom is 0.335 e. The quantitative estimate of drug-likeness (QED) is 0.782. The molecule has 2 N–H and O–H groups in total. The summed E-state index contributed by atoms with van der Waals surface area (Å²) in [5.41, 5.74) is 1.83. The van der Waals surface area contributed by atoms with Crippen LogP contribution in [0.1, 0.15) is 29.8 Å². The largest absolute Gasteiger partial charge is 0.478 e. The molecule has 0 heterocycles. The molecule has 0 unspecified atom stereocenters. The zero-order valence-electron chi connectivity index (χ0n) is 10.6. The van der Waals surface area contributed by atoms with Gasteiger partial charge in [-0.3, -0.25) is 4.79 Å². The maximum atomic E-state index is 11.6. The molecule has 1 rings (SSSR count). The van der Waals surface area contributed by atoms with Gasteiger partial charge in [-0.25, -0.2) is 4.79 Å². The predicted octanol–water partition coefficient (Wildman–Crippen LogP) is 2.01. The first-order chi connectivity index (χ1) is 8.50. The fraction of sp³-hybridized carbons (Fsp3) is 0.286. The molecular weight excluding hydrogens is 230 g/mol. The van der Waals surface area contributed by atoms with Gasteiger partial charge in [-0.2, -0.15) is 0 Å². The number of allylic oxidation sites excluding steroid dienone is 1. The molecule has 0 saturated heterocycles. The van der Waals surface area contributed by atoms with E-state index in [1.807, 2.05) is 19.9 Å². The normalized spacial score (nSPS) is 9.67. The summed E-state index contributed by atoms with van der Waals surface area (Å²) in [6.45, 7) is 4.37. The summed E-state index contributed by atoms with van der Waals surface area (Å²) in [5.74, 6) is -1.19. The van der Waals surface area contributed by atoms with Gasteiger partial charge in [0.15, 0.2) is 0 Å². The van der Waals surface area contributed by atoms with Crippen LogP contribution in [-0.2, 0) is 11.2 Å². The fourth-order valence-corrected chi connectivity index (χ4v) is 1.49. The smallest absolute Gasteiger partial charge is 0.335 e. The zero-order valence-corrected chi connectivity index (χ0v) is 10.6. The Balaban J connectivity index is 2.65. The number of hydrogen-bond donors (Lipinski definition) is 2. The molecule has 0 radical (unpaired) electrons. The molecule has 0 fully saturated rings. The summed E-state index contributed by atoms with van der Waals surface area (Å²) in [6.07, 6.45) is 1.99. The van der Waals surface area contributed by atoms with Crippen LogP contribution in [0.4, 0.5) is 0 Å². The van der Waals surface area contributed by atoms with E-state index in [1.165, 1.54) is 6.07 Å². The van der Waals surface area contributed by atoms with Crippen molar-refractivity contribution in [3.8, 4) is 0 Å². The van der Waals surface area contributed by atoms with Crippen LogP contribution in [0.3, 0.4) is 0 Å². The number of rotatable bonds is 5. The Hall–Kier alpha value is -2.10. The van der Waals surface area contributed by atoms with E-state index in [1.54, 1.807) is 18.2 Å². The van der Waals surface area contributed by atoms with Crippen LogP contribution in [0.2, 0.25) is 0 Å². The van der Waals surface area contributed by atoms with Crippen LogP contribution in [0.25, 0.3) is 0 Å². The molecule has 0 aromatic heterocycles. The molecule has 1 amide bonds. The lowest BCUT2D eigenvalue weighted by molar-refractivity contribution is -0.120. The minimum atomic E-state index is -1.01. The molecule has 1 aromatic rings. The third-order valence-electron chi connectivity index (χ3n) is 2.41. The predicted molar refractivity (Wildman–Crippen MR) is 69.5 cm³/mol. The van der Waals surface area contributed by atoms with Gasteiger partial charge in [0.2, 0.25) is 5.91 Å². The van der Waals surface area contributed by atoms with E-state index < -0.39 is 5.97 Å². The molecule has 0 bridgehead atoms. The van der Waals surface area contributed by atoms with Gasteiger partial charge >= 0.3 is 5.97 Å². The average Bonchev–Trinajstić information content (AvgIpc) is 2.28. The molecule has 1 aromatic carbocycles. The molecule has 0 atom stereocenters. The zero-order chi connectivity index (χ0) is 13.5. The topological polar surface area (TPSA) is 66.4 Å². The third kappa shape index (κ3) is 4.41. The molecule has 0 spiro atoms. The summed E-state index contributed by atoms with van der Waals surface area (Å²) in [5, 5.41) is 11.7. The van der Waals surface area contributed by atoms with Crippen molar-refractivity contribution in [1.82, 2.24) is 5.32 Å². The molecule has 4 nitrogen and oxygen atoms in total. The van der Waals surface area contributed by atoms with Gasteiger partial charge in [-0.1, -0.05) is 29.8 Å². The van der Waals surface area contributed by atoms with Crippen LogP contribution in [0.15, 0.2) is 35.9 Å². The van der Waals surface area contributed by atoms with Gasteiger partial charge in [-0.05, 0) is 25.5 Å². The Morgan fingerprint density at radius 3 is 2.56 bits per heavy atom. The molecule has 0 saturated carbocycles. The highest BCUT2D eigenvalue weighted by Gasteiger charge is 2.11. The highest BCUT2D eigenvalue weighted by Crippen LogP contribution is 2.09. The Bertz CT molecular complexity index is 474. The van der Waals surface area contributed by atoms with Gasteiger partial charge in [0.25, 0.3) is 0 Å². The molecule has 96 valence electrons. The number of aromatic carboxylic acids is 1. The summed E-state index contributed by atoms with van der Waals surface area (Å²) in [4.78, 5) is 22.6. The Morgan fingerprint density at radius 2 is 1.94 bits per heavy atom. The second-order valence-electron chi connectivity index (χ2n) is 4.22. The van der Waals surface area contributed by atoms with Crippen molar-refractivity contribution in [3.63, 3.8) is 0 Å². The number of carbonyl (C=O) groups excluding carboxylic acids is 1. The monoisotopic (exact) mass is 247 g/mol. The molecule has 0 aliphatic carbocycles. The Morgan fingerprint density at radius 1 is 1.28 bits per heavy atom. The van der Waals surface area contributed by atoms with Gasteiger partial charge < -0.3 is 10.4 Å². The average molecular weight is 247 g/mol. The van der Waals surface area contributed by atoms with E-state index in [2.05, 4.69) is 5.32 Å². The molecule has 4 heteroatoms. The first-order valence-electron chi connectivity index (χ1n) is 5.72. The first-order valence-corrected chi connectivity index (χ1v) is 5.72. The molecule has 0 aliphatic heterocycles. The highest BCUT2D eigenvalue weighted by molar-refractivity contribution is 5.91. The number of benzene rings is 1. The number of carbonyl (C=O) groups is 2. The van der Waals surface area contributed by atoms with Crippen molar-refractivity contribution < 1.29 is 14.7 Å². The molecular formula is C14H17NO3. The van der Waals surface area contributed by atoms with Gasteiger partial charge in [0.1, 0.15) is 0 Å². The van der Waals surface area contributed by atoms with Gasteiger partial charge in [0.05, 0.1) is 12.0 Å². The van der Waals surface area contributed by atoms with Crippen LogP contribution in [0.5, 0.6) is 0 Å². The third-order valence-corrected chi connectivity index (χ3v) is 2.41. The van der Waals surface area contributed by atoms with Crippen LogP contribution in [0, 0.1) is 0 Å². The lowest BCUT2D eigenvalue weighted by Crippen LogP contribution is -2.26. The van der Waals surface area contributed by atoms with Crippen molar-refractivity contribution in [3.05, 3.63) is 47.0 Å². The van der Waals surface area contributed by atoms with Crippen molar-refractivity contribution in [1.29, 1.82) is 0 Å². The van der Waals surface area contributed by atoms with Crippen LogP contribution in [-0.4, -0.2) is 23.5 Å². The fourth-order valence-electron chi connectivity index (χ4n) is 1.49. The summed E-state index contributed by atoms with van der Waals surface area (Å²) >= 11 is 0. The van der Waals surface area contributed by atoms with E-state index in [9.17, 15) is 9.59 Å². The van der Waals surface area contributed by atoms with E-state index >= 15 is 0 Å². The van der Waals surface area contributed by atoms with Crippen molar-refractivity contribution in [2.24, 2.45) is 0 Å². The van der Waals surface area contributed by atoms with Crippen LogP contribution >= 0.6 is 0 Å². The van der Waals surface area contributed by atoms with E-state index in [0.29, 0.717) is 12.1 Å². The van der Waals surface area contributed by atoms with E-state index in [-0.39, 0.29) is 17.9 Å². The summed E-state index contributed by atoms with van der Waals surface area (Å²) in [7, 11) is 0. The number of carboxylic acid groups (broad SMARTS) is 1. The van der Waals surface area contributed by atoms with Crippen molar-refractivity contribution in [2.45, 2.75) is 20.3 Å². The number of hydrogen-bond acceptors (Lipinski definition) is 2. The van der Waals surface area contributed by atoms with Crippen molar-refractivity contribution >= 4 is 11.9 Å². The number of carboxylic acids is 1. The summed E-state index contributed by atoms with van der Waals surface area (Å²) < 4.78 is 0. The lowest BCUT2D eigenvalue weighted by atomic mass is 10.0. The summed E-state index contributed by atoms with van der Waals surface area (Å²) in [6, 6.07) is 6.53. The van der Waals surface area contributed by atoms with E-state index in [4.69, 9.17) is 5.11 Å². The Labute approximate surface area is 106 Å². The molecule has 0 aliphatic rings. The Kier molecular flexibility index (Phi) is 5.11. The highest BCUT2D eigenvalue weighted by atomic mass is 16.4. The minimum Gasteiger partial charge on any atom is -0.478 e. The minimum absolute atomic E-state index is 0.0824. The van der Waals surface area contributed by atoms with E-state index in [0.717, 1.165) is 5.57 Å². The standard InChI is InChI=1S/C14H17NO3/c1-10(2)7-8-15-13(16)9-11-5-3-4-6-12(11)14(17)18/h3-7H,8-9H2,1-2H3,(H,15,16)(H,17,18).